The molecule has 0 aliphatic heterocycles. The monoisotopic (exact) mass is 476 g/mol. The molecule has 0 spiro atoms. The van der Waals surface area contributed by atoms with Gasteiger partial charge in [0.05, 0.1) is 0 Å². The van der Waals surface area contributed by atoms with Gasteiger partial charge in [-0.25, -0.2) is 0 Å². The van der Waals surface area contributed by atoms with E-state index >= 15 is 0 Å². The molecule has 0 saturated heterocycles. The molecule has 0 heterocycles. The van der Waals surface area contributed by atoms with E-state index in [1.807, 2.05) is 0 Å². The van der Waals surface area contributed by atoms with Crippen LogP contribution in [0.1, 0.15) is 26.7 Å². The second-order valence-electron chi connectivity index (χ2n) is 7.28. The van der Waals surface area contributed by atoms with Crippen molar-refractivity contribution in [2.75, 3.05) is 26.3 Å². The number of amides is 2. The largest absolute Gasteiger partial charge is 0.455 e. The third-order valence-corrected chi connectivity index (χ3v) is 7.06. The molecular weight excluding hydrogens is 458 g/mol. The minimum atomic E-state index is -1.17. The van der Waals surface area contributed by atoms with Crippen LogP contribution in [0.2, 0.25) is 0 Å². The third kappa shape index (κ3) is 4.96. The number of esters is 2. The molecule has 2 atom stereocenters. The zero-order chi connectivity index (χ0) is 21.4. The Labute approximate surface area is 181 Å². The molecule has 2 N–H and O–H groups in total. The molecule has 2 aliphatic rings. The molecule has 0 radical (unpaired) electrons. The van der Waals surface area contributed by atoms with Gasteiger partial charge in [-0.3, -0.25) is 19.2 Å². The minimum absolute atomic E-state index is 0.0898. The van der Waals surface area contributed by atoms with E-state index in [9.17, 15) is 19.2 Å². The highest BCUT2D eigenvalue weighted by molar-refractivity contribution is 6.53. The smallest absolute Gasteiger partial charge is 0.315 e. The van der Waals surface area contributed by atoms with Crippen molar-refractivity contribution in [3.05, 3.63) is 0 Å². The number of alkyl halides is 4. The number of hydrogen-bond donors (Lipinski definition) is 2. The fourth-order valence-electron chi connectivity index (χ4n) is 2.33. The lowest BCUT2D eigenvalue weighted by Gasteiger charge is -2.13. The highest BCUT2D eigenvalue weighted by Gasteiger charge is 2.69. The molecule has 0 unspecified atom stereocenters. The highest BCUT2D eigenvalue weighted by Crippen LogP contribution is 2.64. The van der Waals surface area contributed by atoms with Crippen molar-refractivity contribution in [2.24, 2.45) is 10.8 Å². The summed E-state index contributed by atoms with van der Waals surface area (Å²) in [6.45, 7) is 2.32. The number of rotatable bonds is 9. The van der Waals surface area contributed by atoms with E-state index in [-0.39, 0.29) is 25.9 Å². The number of ether oxygens (including phenoxy) is 2. The molecule has 2 saturated carbocycles. The van der Waals surface area contributed by atoms with Crippen molar-refractivity contribution >= 4 is 70.2 Å². The van der Waals surface area contributed by atoms with Gasteiger partial charge < -0.3 is 20.1 Å². The molecule has 2 fully saturated rings. The maximum Gasteiger partial charge on any atom is 0.315 e. The van der Waals surface area contributed by atoms with E-state index in [1.54, 1.807) is 13.8 Å². The molecule has 2 aliphatic carbocycles. The summed E-state index contributed by atoms with van der Waals surface area (Å²) in [6, 6.07) is 0. The van der Waals surface area contributed by atoms with Gasteiger partial charge in [0.15, 0.2) is 13.2 Å². The predicted octanol–water partition coefficient (Wildman–Crippen LogP) is 1.47. The lowest BCUT2D eigenvalue weighted by atomic mass is 10.1. The highest BCUT2D eigenvalue weighted by atomic mass is 35.5. The molecule has 0 aromatic carbocycles. The summed E-state index contributed by atoms with van der Waals surface area (Å²) >= 11 is 23.4. The quantitative estimate of drug-likeness (QED) is 0.295. The van der Waals surface area contributed by atoms with Crippen molar-refractivity contribution < 1.29 is 28.7 Å². The van der Waals surface area contributed by atoms with E-state index in [4.69, 9.17) is 55.9 Å². The first-order chi connectivity index (χ1) is 12.8. The van der Waals surface area contributed by atoms with E-state index < -0.39 is 56.5 Å². The summed E-state index contributed by atoms with van der Waals surface area (Å²) in [6.07, 6.45) is 0.520. The molecule has 0 aromatic rings. The fourth-order valence-corrected chi connectivity index (χ4v) is 3.71. The van der Waals surface area contributed by atoms with Crippen LogP contribution in [0.15, 0.2) is 0 Å². The maximum absolute atomic E-state index is 11.8. The van der Waals surface area contributed by atoms with E-state index in [1.165, 1.54) is 0 Å². The van der Waals surface area contributed by atoms with Crippen molar-refractivity contribution in [1.82, 2.24) is 10.6 Å². The number of hydrogen-bond acceptors (Lipinski definition) is 6. The molecule has 158 valence electrons. The van der Waals surface area contributed by atoms with Crippen molar-refractivity contribution in [3.63, 3.8) is 0 Å². The Balaban J connectivity index is 1.54. The average Bonchev–Trinajstić information content (AvgIpc) is 3.34. The van der Waals surface area contributed by atoms with Gasteiger partial charge in [-0.1, -0.05) is 0 Å². The lowest BCUT2D eigenvalue weighted by molar-refractivity contribution is -0.154. The van der Waals surface area contributed by atoms with E-state index in [0.29, 0.717) is 0 Å². The van der Waals surface area contributed by atoms with E-state index in [0.717, 1.165) is 0 Å². The zero-order valence-corrected chi connectivity index (χ0v) is 18.2. The maximum atomic E-state index is 11.8. The first-order valence-corrected chi connectivity index (χ1v) is 9.90. The number of nitrogens with one attached hydrogen (secondary N) is 2. The Morgan fingerprint density at radius 1 is 0.750 bits per heavy atom. The topological polar surface area (TPSA) is 111 Å². The van der Waals surface area contributed by atoms with Crippen LogP contribution in [0.25, 0.3) is 0 Å². The Kier molecular flexibility index (Phi) is 6.70. The van der Waals surface area contributed by atoms with Gasteiger partial charge >= 0.3 is 11.9 Å². The summed E-state index contributed by atoms with van der Waals surface area (Å²) in [4.78, 5) is 46.9. The van der Waals surface area contributed by atoms with Gasteiger partial charge in [-0.05, 0) is 13.8 Å². The third-order valence-electron chi connectivity index (χ3n) is 4.85. The summed E-state index contributed by atoms with van der Waals surface area (Å²) in [5.41, 5.74) is -2.02. The average molecular weight is 478 g/mol. The number of carbonyl (C=O) groups is 4. The molecule has 8 nitrogen and oxygen atoms in total. The summed E-state index contributed by atoms with van der Waals surface area (Å²) < 4.78 is 7.42. The Morgan fingerprint density at radius 3 is 1.29 bits per heavy atom. The van der Waals surface area contributed by atoms with Crippen molar-refractivity contribution in [2.45, 2.75) is 35.4 Å². The van der Waals surface area contributed by atoms with Gasteiger partial charge in [0, 0.05) is 25.9 Å². The number of carbonyl (C=O) groups excluding carboxylic acids is 4. The molecule has 0 bridgehead atoms. The molecule has 2 rings (SSSR count). The standard InChI is InChI=1S/C16H20Cl4N2O6/c1-13(7-15(13,17)18)11(25)27-5-9(23)21-3-4-22-10(24)6-28-12(26)14(2)8-16(14,19)20/h3-8H2,1-2H3,(H,21,23)(H,22,24)/t13-,14+. The SMILES string of the molecule is C[C@@]1(C(=O)OCC(=O)NCCNC(=O)COC(=O)[C@@]2(C)CC2(Cl)Cl)CC1(Cl)Cl. The first kappa shape index (κ1) is 23.3. The van der Waals surface area contributed by atoms with Crippen LogP contribution in [0, 0.1) is 10.8 Å². The molecule has 28 heavy (non-hydrogen) atoms. The van der Waals surface area contributed by atoms with E-state index in [2.05, 4.69) is 10.6 Å². The van der Waals surface area contributed by atoms with Crippen LogP contribution >= 0.6 is 46.4 Å². The molecule has 2 amide bonds. The summed E-state index contributed by atoms with van der Waals surface area (Å²) in [7, 11) is 0. The van der Waals surface area contributed by atoms with Crippen LogP contribution in [0.4, 0.5) is 0 Å². The van der Waals surface area contributed by atoms with Gasteiger partial charge in [-0.2, -0.15) is 0 Å². The van der Waals surface area contributed by atoms with Crippen molar-refractivity contribution in [1.29, 1.82) is 0 Å². The second-order valence-corrected chi connectivity index (χ2v) is 10.2. The molecular formula is C16H20Cl4N2O6. The first-order valence-electron chi connectivity index (χ1n) is 8.39. The van der Waals surface area contributed by atoms with Crippen LogP contribution in [-0.4, -0.2) is 58.7 Å². The van der Waals surface area contributed by atoms with Crippen molar-refractivity contribution in [3.8, 4) is 0 Å². The van der Waals surface area contributed by atoms with Gasteiger partial charge in [0.2, 0.25) is 0 Å². The summed E-state index contributed by atoms with van der Waals surface area (Å²) in [5, 5.41) is 4.91. The Hall–Kier alpha value is -0.960. The normalized spacial score (nSPS) is 28.6. The molecule has 12 heteroatoms. The predicted molar refractivity (Wildman–Crippen MR) is 102 cm³/mol. The lowest BCUT2D eigenvalue weighted by Crippen LogP contribution is -2.38. The second kappa shape index (κ2) is 8.05. The fraction of sp³-hybridized carbons (Fsp3) is 0.750. The number of halogens is 4. The van der Waals surface area contributed by atoms with Crippen LogP contribution < -0.4 is 10.6 Å². The Bertz CT molecular complexity index is 643. The zero-order valence-electron chi connectivity index (χ0n) is 15.2. The van der Waals surface area contributed by atoms with Gasteiger partial charge in [0.25, 0.3) is 11.8 Å². The minimum Gasteiger partial charge on any atom is -0.455 e. The Morgan fingerprint density at radius 2 is 1.04 bits per heavy atom. The van der Waals surface area contributed by atoms with Crippen LogP contribution in [-0.2, 0) is 28.7 Å². The molecule has 0 aromatic heterocycles. The summed E-state index contributed by atoms with van der Waals surface area (Å²) in [5.74, 6) is -2.39. The van der Waals surface area contributed by atoms with Crippen LogP contribution in [0.5, 0.6) is 0 Å². The van der Waals surface area contributed by atoms with Crippen LogP contribution in [0.3, 0.4) is 0 Å². The van der Waals surface area contributed by atoms with Gasteiger partial charge in [0.1, 0.15) is 19.5 Å². The van der Waals surface area contributed by atoms with Gasteiger partial charge in [-0.15, -0.1) is 46.4 Å².